The van der Waals surface area contributed by atoms with Crippen LogP contribution in [0.25, 0.3) is 22.6 Å². The number of oxazole rings is 1. The number of nitrogens with zero attached hydrogens (tertiary/aromatic N) is 1. The fourth-order valence-corrected chi connectivity index (χ4v) is 3.43. The third-order valence-electron chi connectivity index (χ3n) is 4.38. The van der Waals surface area contributed by atoms with Gasteiger partial charge in [0.15, 0.2) is 5.58 Å². The van der Waals surface area contributed by atoms with Gasteiger partial charge in [0.25, 0.3) is 0 Å². The van der Waals surface area contributed by atoms with Gasteiger partial charge in [-0.05, 0) is 49.4 Å². The van der Waals surface area contributed by atoms with Crippen molar-refractivity contribution < 1.29 is 18.7 Å². The topological polar surface area (TPSA) is 61.6 Å². The predicted octanol–water partition coefficient (Wildman–Crippen LogP) is 6.59. The van der Waals surface area contributed by atoms with Crippen molar-refractivity contribution in [2.75, 3.05) is 6.61 Å². The second kappa shape index (κ2) is 8.90. The Morgan fingerprint density at radius 3 is 2.63 bits per heavy atom. The van der Waals surface area contributed by atoms with Crippen LogP contribution in [0.15, 0.2) is 75.6 Å². The standard InChI is InChI=1S/C23H17BrClNO4/c1-2-28-23(27)21(14-7-9-15(24)10-8-14)29-19-12-11-16(25)13-17(19)22-26-18-5-3-4-6-20(18)30-22/h3-13,21H,2H2,1H3. The number of hydrogen-bond acceptors (Lipinski definition) is 5. The summed E-state index contributed by atoms with van der Waals surface area (Å²) in [6, 6.07) is 19.8. The smallest absolute Gasteiger partial charge is 0.352 e. The van der Waals surface area contributed by atoms with Crippen LogP contribution in [0.4, 0.5) is 0 Å². The van der Waals surface area contributed by atoms with Crippen molar-refractivity contribution in [2.45, 2.75) is 13.0 Å². The lowest BCUT2D eigenvalue weighted by Crippen LogP contribution is -2.21. The zero-order valence-electron chi connectivity index (χ0n) is 16.0. The molecule has 5 nitrogen and oxygen atoms in total. The number of esters is 1. The largest absolute Gasteiger partial charge is 0.473 e. The van der Waals surface area contributed by atoms with Crippen LogP contribution in [0.3, 0.4) is 0 Å². The van der Waals surface area contributed by atoms with Gasteiger partial charge in [-0.25, -0.2) is 9.78 Å². The Hall–Kier alpha value is -2.83. The SMILES string of the molecule is CCOC(=O)C(Oc1ccc(Cl)cc1-c1nc2ccccc2o1)c1ccc(Br)cc1. The zero-order chi connectivity index (χ0) is 21.1. The van der Waals surface area contributed by atoms with Gasteiger partial charge in [0, 0.05) is 15.1 Å². The molecule has 4 aromatic rings. The van der Waals surface area contributed by atoms with Crippen molar-refractivity contribution in [2.24, 2.45) is 0 Å². The van der Waals surface area contributed by atoms with E-state index in [1.165, 1.54) is 0 Å². The van der Waals surface area contributed by atoms with E-state index in [2.05, 4.69) is 20.9 Å². The molecule has 0 bridgehead atoms. The molecule has 30 heavy (non-hydrogen) atoms. The van der Waals surface area contributed by atoms with Crippen LogP contribution in [0.1, 0.15) is 18.6 Å². The maximum absolute atomic E-state index is 12.7. The lowest BCUT2D eigenvalue weighted by molar-refractivity contribution is -0.151. The number of rotatable bonds is 6. The fourth-order valence-electron chi connectivity index (χ4n) is 2.99. The highest BCUT2D eigenvalue weighted by atomic mass is 79.9. The van der Waals surface area contributed by atoms with E-state index < -0.39 is 12.1 Å². The monoisotopic (exact) mass is 485 g/mol. The number of aromatic nitrogens is 1. The molecule has 0 aliphatic rings. The van der Waals surface area contributed by atoms with Crippen LogP contribution in [-0.4, -0.2) is 17.6 Å². The van der Waals surface area contributed by atoms with Crippen LogP contribution >= 0.6 is 27.5 Å². The van der Waals surface area contributed by atoms with E-state index in [-0.39, 0.29) is 6.61 Å². The normalized spacial score (nSPS) is 12.0. The Labute approximate surface area is 186 Å². The summed E-state index contributed by atoms with van der Waals surface area (Å²) >= 11 is 9.63. The van der Waals surface area contributed by atoms with Crippen LogP contribution in [0, 0.1) is 0 Å². The molecule has 0 amide bonds. The Balaban J connectivity index is 1.76. The van der Waals surface area contributed by atoms with Crippen molar-refractivity contribution in [3.63, 3.8) is 0 Å². The molecule has 0 radical (unpaired) electrons. The number of carbonyl (C=O) groups is 1. The van der Waals surface area contributed by atoms with E-state index in [1.807, 2.05) is 36.4 Å². The molecule has 0 saturated carbocycles. The number of para-hydroxylation sites is 2. The van der Waals surface area contributed by atoms with Gasteiger partial charge in [-0.2, -0.15) is 0 Å². The number of halogens is 2. The number of ether oxygens (including phenoxy) is 2. The number of benzene rings is 3. The van der Waals surface area contributed by atoms with Gasteiger partial charge in [-0.3, -0.25) is 0 Å². The van der Waals surface area contributed by atoms with E-state index in [0.717, 1.165) is 4.47 Å². The molecule has 0 saturated heterocycles. The van der Waals surface area contributed by atoms with Crippen LogP contribution in [0.2, 0.25) is 5.02 Å². The minimum atomic E-state index is -0.956. The Morgan fingerprint density at radius 1 is 1.13 bits per heavy atom. The van der Waals surface area contributed by atoms with Crippen LogP contribution < -0.4 is 4.74 Å². The van der Waals surface area contributed by atoms with Gasteiger partial charge in [0.1, 0.15) is 11.3 Å². The Morgan fingerprint density at radius 2 is 1.90 bits per heavy atom. The van der Waals surface area contributed by atoms with Crippen molar-refractivity contribution in [1.29, 1.82) is 0 Å². The highest BCUT2D eigenvalue weighted by Crippen LogP contribution is 2.36. The second-order valence-electron chi connectivity index (χ2n) is 6.43. The lowest BCUT2D eigenvalue weighted by atomic mass is 10.1. The maximum Gasteiger partial charge on any atom is 0.352 e. The summed E-state index contributed by atoms with van der Waals surface area (Å²) < 4.78 is 18.2. The average molecular weight is 487 g/mol. The first kappa shape index (κ1) is 20.4. The molecular weight excluding hydrogens is 470 g/mol. The van der Waals surface area contributed by atoms with Gasteiger partial charge >= 0.3 is 5.97 Å². The summed E-state index contributed by atoms with van der Waals surface area (Å²) in [5.41, 5.74) is 2.57. The van der Waals surface area contributed by atoms with E-state index >= 15 is 0 Å². The Kier molecular flexibility index (Phi) is 6.06. The number of hydrogen-bond donors (Lipinski definition) is 0. The van der Waals surface area contributed by atoms with E-state index in [9.17, 15) is 4.79 Å². The summed E-state index contributed by atoms with van der Waals surface area (Å²) in [4.78, 5) is 17.2. The van der Waals surface area contributed by atoms with Gasteiger partial charge < -0.3 is 13.9 Å². The van der Waals surface area contributed by atoms with E-state index in [4.69, 9.17) is 25.5 Å². The van der Waals surface area contributed by atoms with Gasteiger partial charge in [0.05, 0.1) is 12.2 Å². The second-order valence-corrected chi connectivity index (χ2v) is 7.78. The summed E-state index contributed by atoms with van der Waals surface area (Å²) in [6.07, 6.45) is -0.956. The molecule has 0 fully saturated rings. The van der Waals surface area contributed by atoms with Crippen molar-refractivity contribution in [3.05, 3.63) is 81.8 Å². The molecule has 4 rings (SSSR count). The minimum Gasteiger partial charge on any atom is -0.473 e. The van der Waals surface area contributed by atoms with E-state index in [1.54, 1.807) is 37.3 Å². The first-order valence-electron chi connectivity index (χ1n) is 9.29. The molecule has 0 aliphatic heterocycles. The molecule has 0 aliphatic carbocycles. The van der Waals surface area contributed by atoms with Crippen molar-refractivity contribution in [3.8, 4) is 17.2 Å². The van der Waals surface area contributed by atoms with Crippen LogP contribution in [0.5, 0.6) is 5.75 Å². The quantitative estimate of drug-likeness (QED) is 0.288. The summed E-state index contributed by atoms with van der Waals surface area (Å²) in [6.45, 7) is 2.00. The number of fused-ring (bicyclic) bond motifs is 1. The first-order valence-corrected chi connectivity index (χ1v) is 10.5. The van der Waals surface area contributed by atoms with Gasteiger partial charge in [-0.15, -0.1) is 0 Å². The van der Waals surface area contributed by atoms with Crippen molar-refractivity contribution >= 4 is 44.6 Å². The minimum absolute atomic E-state index is 0.244. The third-order valence-corrected chi connectivity index (χ3v) is 5.15. The van der Waals surface area contributed by atoms with Crippen LogP contribution in [-0.2, 0) is 9.53 Å². The summed E-state index contributed by atoms with van der Waals surface area (Å²) in [7, 11) is 0. The molecule has 152 valence electrons. The van der Waals surface area contributed by atoms with Crippen molar-refractivity contribution in [1.82, 2.24) is 4.98 Å². The molecule has 0 spiro atoms. The highest BCUT2D eigenvalue weighted by molar-refractivity contribution is 9.10. The maximum atomic E-state index is 12.7. The zero-order valence-corrected chi connectivity index (χ0v) is 18.3. The first-order chi connectivity index (χ1) is 14.5. The molecule has 1 aromatic heterocycles. The molecule has 1 atom stereocenters. The fraction of sp³-hybridized carbons (Fsp3) is 0.130. The number of carbonyl (C=O) groups excluding carboxylic acids is 1. The lowest BCUT2D eigenvalue weighted by Gasteiger charge is -2.19. The summed E-state index contributed by atoms with van der Waals surface area (Å²) in [5, 5.41) is 0.496. The van der Waals surface area contributed by atoms with E-state index in [0.29, 0.717) is 38.9 Å². The predicted molar refractivity (Wildman–Crippen MR) is 119 cm³/mol. The summed E-state index contributed by atoms with van der Waals surface area (Å²) in [5.74, 6) is 0.275. The molecule has 1 unspecified atom stereocenters. The Bertz CT molecular complexity index is 1160. The van der Waals surface area contributed by atoms with Gasteiger partial charge in [-0.1, -0.05) is 51.8 Å². The molecule has 1 heterocycles. The molecule has 3 aromatic carbocycles. The highest BCUT2D eigenvalue weighted by Gasteiger charge is 2.26. The third kappa shape index (κ3) is 4.35. The molecular formula is C23H17BrClNO4. The average Bonchev–Trinajstić information content (AvgIpc) is 3.18. The molecule has 7 heteroatoms. The molecule has 0 N–H and O–H groups in total. The van der Waals surface area contributed by atoms with Gasteiger partial charge in [0.2, 0.25) is 12.0 Å².